The van der Waals surface area contributed by atoms with Crippen LogP contribution in [0.1, 0.15) is 12.2 Å². The van der Waals surface area contributed by atoms with E-state index in [1.165, 1.54) is 0 Å². The summed E-state index contributed by atoms with van der Waals surface area (Å²) in [5.74, 6) is 2.26. The normalized spacial score (nSPS) is 20.9. The molecule has 3 saturated heterocycles. The molecule has 0 spiro atoms. The molecule has 3 aliphatic heterocycles. The fraction of sp³-hybridized carbons (Fsp3) is 0.368. The highest BCUT2D eigenvalue weighted by Gasteiger charge is 2.47. The Morgan fingerprint density at radius 3 is 2.82 bits per heavy atom. The summed E-state index contributed by atoms with van der Waals surface area (Å²) in [4.78, 5) is 16.8. The second-order valence-electron chi connectivity index (χ2n) is 7.20. The number of benzene rings is 1. The number of hydrogen-bond acceptors (Lipinski definition) is 6. The molecular formula is C19H19ClN6O2. The molecule has 0 saturated carbocycles. The first-order valence-corrected chi connectivity index (χ1v) is 9.60. The summed E-state index contributed by atoms with van der Waals surface area (Å²) >= 11 is 5.96. The minimum absolute atomic E-state index is 0.0129. The number of rotatable bonds is 4. The van der Waals surface area contributed by atoms with E-state index in [2.05, 4.69) is 20.2 Å². The van der Waals surface area contributed by atoms with Crippen LogP contribution in [0.4, 0.5) is 5.82 Å². The van der Waals surface area contributed by atoms with Gasteiger partial charge in [-0.15, -0.1) is 15.3 Å². The number of nitrogens with zero attached hydrogens (tertiary/aromatic N) is 6. The van der Waals surface area contributed by atoms with Gasteiger partial charge in [0.1, 0.15) is 11.6 Å². The van der Waals surface area contributed by atoms with Gasteiger partial charge in [-0.2, -0.15) is 4.52 Å². The highest BCUT2D eigenvalue weighted by atomic mass is 35.5. The number of carbonyl (C=O) groups is 1. The number of ether oxygens (including phenoxy) is 1. The largest absolute Gasteiger partial charge is 0.484 e. The number of fused-ring (bicyclic) bond motifs is 3. The van der Waals surface area contributed by atoms with Crippen LogP contribution in [0.5, 0.6) is 5.75 Å². The highest BCUT2D eigenvalue weighted by molar-refractivity contribution is 6.30. The quantitative estimate of drug-likeness (QED) is 0.668. The number of aromatic nitrogens is 4. The summed E-state index contributed by atoms with van der Waals surface area (Å²) in [6.07, 6.45) is 1.02. The average Bonchev–Trinajstić information content (AvgIpc) is 3.07. The Bertz CT molecular complexity index is 1040. The van der Waals surface area contributed by atoms with E-state index in [9.17, 15) is 4.79 Å². The lowest BCUT2D eigenvalue weighted by atomic mass is 9.87. The van der Waals surface area contributed by atoms with Gasteiger partial charge in [0.25, 0.3) is 5.91 Å². The van der Waals surface area contributed by atoms with Crippen LogP contribution < -0.4 is 9.64 Å². The number of piperazine rings is 1. The lowest BCUT2D eigenvalue weighted by Crippen LogP contribution is -2.71. The Morgan fingerprint density at radius 2 is 2.04 bits per heavy atom. The SMILES string of the molecule is Cc1nnc2ccc(N3CC4CC(C3)N4C(=O)COc3cccc(Cl)c3)nn12. The molecule has 144 valence electrons. The smallest absolute Gasteiger partial charge is 0.261 e. The first-order valence-electron chi connectivity index (χ1n) is 9.22. The first kappa shape index (κ1) is 17.2. The van der Waals surface area contributed by atoms with E-state index in [0.717, 1.165) is 36.8 Å². The van der Waals surface area contributed by atoms with Crippen LogP contribution in [-0.4, -0.2) is 62.4 Å². The van der Waals surface area contributed by atoms with Gasteiger partial charge in [0.05, 0.1) is 12.1 Å². The van der Waals surface area contributed by atoms with Crippen molar-refractivity contribution in [1.82, 2.24) is 24.7 Å². The van der Waals surface area contributed by atoms with E-state index < -0.39 is 0 Å². The molecular weight excluding hydrogens is 380 g/mol. The van der Waals surface area contributed by atoms with Gasteiger partial charge in [-0.3, -0.25) is 4.79 Å². The Labute approximate surface area is 166 Å². The predicted molar refractivity (Wildman–Crippen MR) is 104 cm³/mol. The molecule has 1 amide bonds. The summed E-state index contributed by atoms with van der Waals surface area (Å²) in [6, 6.07) is 11.3. The van der Waals surface area contributed by atoms with Gasteiger partial charge in [0.15, 0.2) is 18.1 Å². The molecule has 3 fully saturated rings. The third-order valence-corrected chi connectivity index (χ3v) is 5.60. The van der Waals surface area contributed by atoms with Crippen molar-refractivity contribution in [2.24, 2.45) is 0 Å². The lowest BCUT2D eigenvalue weighted by Gasteiger charge is -2.56. The van der Waals surface area contributed by atoms with E-state index in [0.29, 0.717) is 10.8 Å². The van der Waals surface area contributed by atoms with Crippen molar-refractivity contribution in [3.05, 3.63) is 47.2 Å². The van der Waals surface area contributed by atoms with E-state index >= 15 is 0 Å². The second-order valence-corrected chi connectivity index (χ2v) is 7.64. The molecule has 9 heteroatoms. The van der Waals surface area contributed by atoms with Gasteiger partial charge in [-0.05, 0) is 43.7 Å². The lowest BCUT2D eigenvalue weighted by molar-refractivity contribution is -0.148. The topological polar surface area (TPSA) is 75.9 Å². The van der Waals surface area contributed by atoms with Crippen molar-refractivity contribution in [2.75, 3.05) is 24.6 Å². The number of piperidine rings is 1. The zero-order chi connectivity index (χ0) is 19.3. The Morgan fingerprint density at radius 1 is 1.21 bits per heavy atom. The molecule has 0 aliphatic carbocycles. The van der Waals surface area contributed by atoms with Crippen LogP contribution >= 0.6 is 11.6 Å². The third-order valence-electron chi connectivity index (χ3n) is 5.37. The summed E-state index contributed by atoms with van der Waals surface area (Å²) in [5.41, 5.74) is 0.735. The summed E-state index contributed by atoms with van der Waals surface area (Å²) in [5, 5.41) is 13.4. The van der Waals surface area contributed by atoms with Crippen molar-refractivity contribution in [3.8, 4) is 5.75 Å². The maximum atomic E-state index is 12.6. The van der Waals surface area contributed by atoms with Gasteiger partial charge in [0, 0.05) is 18.1 Å². The van der Waals surface area contributed by atoms with Crippen molar-refractivity contribution >= 4 is 29.0 Å². The van der Waals surface area contributed by atoms with Gasteiger partial charge < -0.3 is 14.5 Å². The van der Waals surface area contributed by atoms with E-state index in [1.54, 1.807) is 28.8 Å². The van der Waals surface area contributed by atoms with Gasteiger partial charge >= 0.3 is 0 Å². The van der Waals surface area contributed by atoms with Crippen molar-refractivity contribution in [1.29, 1.82) is 0 Å². The third kappa shape index (κ3) is 2.93. The number of carbonyl (C=O) groups excluding carboxylic acids is 1. The fourth-order valence-corrected chi connectivity index (χ4v) is 4.22. The van der Waals surface area contributed by atoms with Crippen LogP contribution in [0.2, 0.25) is 5.02 Å². The number of anilines is 1. The standard InChI is InChI=1S/C19H19ClN6O2/c1-12-21-22-17-5-6-18(23-26(12)17)24-9-14-8-15(10-24)25(14)19(27)11-28-16-4-2-3-13(20)7-16/h2-7,14-15H,8-11H2,1H3. The molecule has 0 radical (unpaired) electrons. The van der Waals surface area contributed by atoms with Crippen molar-refractivity contribution in [3.63, 3.8) is 0 Å². The minimum atomic E-state index is 0.0129. The summed E-state index contributed by atoms with van der Waals surface area (Å²) in [7, 11) is 0. The van der Waals surface area contributed by atoms with Crippen LogP contribution in [0, 0.1) is 6.92 Å². The zero-order valence-electron chi connectivity index (χ0n) is 15.3. The molecule has 2 atom stereocenters. The molecule has 8 nitrogen and oxygen atoms in total. The monoisotopic (exact) mass is 398 g/mol. The molecule has 3 aliphatic rings. The maximum absolute atomic E-state index is 12.6. The molecule has 2 unspecified atom stereocenters. The molecule has 0 N–H and O–H groups in total. The van der Waals surface area contributed by atoms with Gasteiger partial charge in [-0.25, -0.2) is 0 Å². The number of amides is 1. The molecule has 2 bridgehead atoms. The molecule has 3 aromatic rings. The maximum Gasteiger partial charge on any atom is 0.261 e. The van der Waals surface area contributed by atoms with E-state index in [4.69, 9.17) is 16.3 Å². The Kier molecular flexibility index (Phi) is 4.08. The zero-order valence-corrected chi connectivity index (χ0v) is 16.1. The Hall–Kier alpha value is -2.87. The fourth-order valence-electron chi connectivity index (χ4n) is 4.04. The average molecular weight is 399 g/mol. The second kappa shape index (κ2) is 6.63. The number of halogens is 1. The van der Waals surface area contributed by atoms with Crippen LogP contribution in [0.15, 0.2) is 36.4 Å². The van der Waals surface area contributed by atoms with Crippen molar-refractivity contribution < 1.29 is 9.53 Å². The van der Waals surface area contributed by atoms with Crippen LogP contribution in [-0.2, 0) is 4.79 Å². The van der Waals surface area contributed by atoms with E-state index in [1.807, 2.05) is 24.0 Å². The molecule has 28 heavy (non-hydrogen) atoms. The predicted octanol–water partition coefficient (Wildman–Crippen LogP) is 1.95. The Balaban J connectivity index is 1.24. The van der Waals surface area contributed by atoms with Gasteiger partial charge in [0.2, 0.25) is 0 Å². The van der Waals surface area contributed by atoms with Crippen LogP contribution in [0.25, 0.3) is 5.65 Å². The molecule has 6 rings (SSSR count). The minimum Gasteiger partial charge on any atom is -0.484 e. The van der Waals surface area contributed by atoms with Crippen molar-refractivity contribution in [2.45, 2.75) is 25.4 Å². The molecule has 2 aromatic heterocycles. The molecule has 5 heterocycles. The highest BCUT2D eigenvalue weighted by Crippen LogP contribution is 2.34. The van der Waals surface area contributed by atoms with Crippen LogP contribution in [0.3, 0.4) is 0 Å². The molecule has 1 aromatic carbocycles. The first-order chi connectivity index (χ1) is 13.6. The van der Waals surface area contributed by atoms with E-state index in [-0.39, 0.29) is 24.6 Å². The number of hydrogen-bond donors (Lipinski definition) is 0. The summed E-state index contributed by atoms with van der Waals surface area (Å²) < 4.78 is 7.36. The number of aryl methyl sites for hydroxylation is 1. The van der Waals surface area contributed by atoms with Gasteiger partial charge in [-0.1, -0.05) is 17.7 Å². The summed E-state index contributed by atoms with van der Waals surface area (Å²) in [6.45, 7) is 3.43.